The van der Waals surface area contributed by atoms with Crippen LogP contribution in [0.25, 0.3) is 0 Å². The zero-order valence-corrected chi connectivity index (χ0v) is 11.3. The minimum absolute atomic E-state index is 0.618. The van der Waals surface area contributed by atoms with Gasteiger partial charge in [0.15, 0.2) is 0 Å². The molecular weight excluding hydrogens is 264 g/mol. The highest BCUT2D eigenvalue weighted by Gasteiger charge is 2.14. The first-order valence-electron chi connectivity index (χ1n) is 5.99. The predicted molar refractivity (Wildman–Crippen MR) is 73.8 cm³/mol. The van der Waals surface area contributed by atoms with Gasteiger partial charge < -0.3 is 11.1 Å². The van der Waals surface area contributed by atoms with Crippen molar-refractivity contribution in [2.75, 3.05) is 11.1 Å². The molecule has 3 heteroatoms. The first kappa shape index (κ1) is 11.8. The Morgan fingerprint density at radius 1 is 1.25 bits per heavy atom. The number of nitrogens with two attached hydrogens (primary N) is 1. The maximum absolute atomic E-state index is 5.93. The molecule has 0 amide bonds. The van der Waals surface area contributed by atoms with Crippen LogP contribution in [0.15, 0.2) is 16.6 Å². The van der Waals surface area contributed by atoms with Crippen molar-refractivity contribution >= 4 is 27.3 Å². The van der Waals surface area contributed by atoms with Gasteiger partial charge in [0.25, 0.3) is 0 Å². The summed E-state index contributed by atoms with van der Waals surface area (Å²) in [6.07, 6.45) is 6.63. The third-order valence-electron chi connectivity index (χ3n) is 3.32. The van der Waals surface area contributed by atoms with Gasteiger partial charge >= 0.3 is 0 Å². The average Bonchev–Trinajstić information content (AvgIpc) is 2.27. The molecule has 3 N–H and O–H groups in total. The number of aryl methyl sites for hydroxylation is 1. The molecule has 16 heavy (non-hydrogen) atoms. The fraction of sp³-hybridized carbons (Fsp3) is 0.538. The first-order chi connectivity index (χ1) is 7.66. The van der Waals surface area contributed by atoms with Crippen LogP contribution in [-0.4, -0.2) is 6.04 Å². The van der Waals surface area contributed by atoms with E-state index in [4.69, 9.17) is 5.73 Å². The molecule has 0 bridgehead atoms. The highest BCUT2D eigenvalue weighted by molar-refractivity contribution is 9.10. The summed E-state index contributed by atoms with van der Waals surface area (Å²) in [5.74, 6) is 0. The first-order valence-corrected chi connectivity index (χ1v) is 6.78. The summed E-state index contributed by atoms with van der Waals surface area (Å²) in [6, 6.07) is 4.74. The lowest BCUT2D eigenvalue weighted by Crippen LogP contribution is -2.22. The Morgan fingerprint density at radius 2 is 1.94 bits per heavy atom. The molecule has 88 valence electrons. The van der Waals surface area contributed by atoms with E-state index in [1.165, 1.54) is 32.1 Å². The van der Waals surface area contributed by atoms with E-state index in [0.29, 0.717) is 6.04 Å². The lowest BCUT2D eigenvalue weighted by molar-refractivity contribution is 0.462. The van der Waals surface area contributed by atoms with Crippen molar-refractivity contribution in [1.82, 2.24) is 0 Å². The quantitative estimate of drug-likeness (QED) is 0.802. The highest BCUT2D eigenvalue weighted by atomic mass is 79.9. The lowest BCUT2D eigenvalue weighted by atomic mass is 9.95. The number of hydrogen-bond donors (Lipinski definition) is 2. The van der Waals surface area contributed by atoms with Gasteiger partial charge in [-0.25, -0.2) is 0 Å². The topological polar surface area (TPSA) is 38.0 Å². The van der Waals surface area contributed by atoms with E-state index in [9.17, 15) is 0 Å². The molecule has 0 aliphatic heterocycles. The van der Waals surface area contributed by atoms with Crippen LogP contribution in [0.3, 0.4) is 0 Å². The van der Waals surface area contributed by atoms with Crippen molar-refractivity contribution in [3.05, 3.63) is 22.2 Å². The summed E-state index contributed by atoms with van der Waals surface area (Å²) in [5, 5.41) is 3.59. The van der Waals surface area contributed by atoms with E-state index < -0.39 is 0 Å². The summed E-state index contributed by atoms with van der Waals surface area (Å²) in [6.45, 7) is 2.03. The fourth-order valence-corrected chi connectivity index (χ4v) is 2.84. The number of anilines is 2. The Morgan fingerprint density at radius 3 is 2.62 bits per heavy atom. The van der Waals surface area contributed by atoms with Crippen molar-refractivity contribution in [1.29, 1.82) is 0 Å². The van der Waals surface area contributed by atoms with Crippen molar-refractivity contribution in [2.45, 2.75) is 45.1 Å². The Balaban J connectivity index is 2.11. The fourth-order valence-electron chi connectivity index (χ4n) is 2.27. The number of nitrogen functional groups attached to an aromatic ring is 1. The summed E-state index contributed by atoms with van der Waals surface area (Å²) in [7, 11) is 0. The smallest absolute Gasteiger partial charge is 0.0507 e. The van der Waals surface area contributed by atoms with Crippen molar-refractivity contribution < 1.29 is 0 Å². The number of halogens is 1. The zero-order chi connectivity index (χ0) is 11.5. The Hall–Kier alpha value is -0.700. The van der Waals surface area contributed by atoms with Crippen LogP contribution < -0.4 is 11.1 Å². The minimum Gasteiger partial charge on any atom is -0.398 e. The number of nitrogens with one attached hydrogen (secondary N) is 1. The molecule has 0 radical (unpaired) electrons. The van der Waals surface area contributed by atoms with Crippen molar-refractivity contribution in [2.24, 2.45) is 0 Å². The molecule has 1 aromatic carbocycles. The molecule has 1 aliphatic carbocycles. The Labute approximate surface area is 106 Å². The van der Waals surface area contributed by atoms with E-state index >= 15 is 0 Å². The summed E-state index contributed by atoms with van der Waals surface area (Å²) in [4.78, 5) is 0. The van der Waals surface area contributed by atoms with Crippen molar-refractivity contribution in [3.63, 3.8) is 0 Å². The van der Waals surface area contributed by atoms with E-state index in [0.717, 1.165) is 21.4 Å². The average molecular weight is 283 g/mol. The normalized spacial score (nSPS) is 17.4. The molecule has 0 saturated heterocycles. The van der Waals surface area contributed by atoms with Gasteiger partial charge in [-0.05, 0) is 53.4 Å². The summed E-state index contributed by atoms with van der Waals surface area (Å²) < 4.78 is 1.12. The molecule has 2 rings (SSSR count). The maximum Gasteiger partial charge on any atom is 0.0507 e. The third-order valence-corrected chi connectivity index (χ3v) is 3.98. The monoisotopic (exact) mass is 282 g/mol. The van der Waals surface area contributed by atoms with Crippen LogP contribution in [0.4, 0.5) is 11.4 Å². The van der Waals surface area contributed by atoms with E-state index in [2.05, 4.69) is 27.3 Å². The zero-order valence-electron chi connectivity index (χ0n) is 9.72. The molecule has 0 aromatic heterocycles. The molecule has 1 aliphatic rings. The number of hydrogen-bond acceptors (Lipinski definition) is 2. The van der Waals surface area contributed by atoms with Crippen LogP contribution in [0.5, 0.6) is 0 Å². The molecule has 0 spiro atoms. The molecule has 1 fully saturated rings. The Kier molecular flexibility index (Phi) is 3.74. The predicted octanol–water partition coefficient (Wildman–Crippen LogP) is 4.08. The lowest BCUT2D eigenvalue weighted by Gasteiger charge is -2.24. The summed E-state index contributed by atoms with van der Waals surface area (Å²) >= 11 is 3.59. The Bertz CT molecular complexity index is 370. The molecule has 0 atom stereocenters. The second-order valence-electron chi connectivity index (χ2n) is 4.67. The van der Waals surface area contributed by atoms with Gasteiger partial charge in [0.2, 0.25) is 0 Å². The van der Waals surface area contributed by atoms with Crippen LogP contribution in [0, 0.1) is 6.92 Å². The van der Waals surface area contributed by atoms with Crippen LogP contribution in [0.1, 0.15) is 37.7 Å². The van der Waals surface area contributed by atoms with Gasteiger partial charge in [0.1, 0.15) is 0 Å². The minimum atomic E-state index is 0.618. The van der Waals surface area contributed by atoms with Gasteiger partial charge in [0.05, 0.1) is 5.69 Å². The van der Waals surface area contributed by atoms with E-state index in [-0.39, 0.29) is 0 Å². The van der Waals surface area contributed by atoms with Gasteiger partial charge in [-0.2, -0.15) is 0 Å². The van der Waals surface area contributed by atoms with Gasteiger partial charge in [0, 0.05) is 16.2 Å². The largest absolute Gasteiger partial charge is 0.398 e. The van der Waals surface area contributed by atoms with Gasteiger partial charge in [-0.3, -0.25) is 0 Å². The third kappa shape index (κ3) is 2.70. The standard InChI is InChI=1S/C13H19BrN2/c1-9-7-11(14)13(8-12(9)15)16-10-5-3-2-4-6-10/h7-8,10,16H,2-6,15H2,1H3. The van der Waals surface area contributed by atoms with Gasteiger partial charge in [-0.1, -0.05) is 19.3 Å². The molecule has 1 aromatic rings. The number of benzene rings is 1. The number of rotatable bonds is 2. The van der Waals surface area contributed by atoms with Crippen LogP contribution in [0.2, 0.25) is 0 Å². The second-order valence-corrected chi connectivity index (χ2v) is 5.52. The highest BCUT2D eigenvalue weighted by Crippen LogP contribution is 2.30. The van der Waals surface area contributed by atoms with E-state index in [1.54, 1.807) is 0 Å². The molecular formula is C13H19BrN2. The molecule has 1 saturated carbocycles. The van der Waals surface area contributed by atoms with Crippen LogP contribution >= 0.6 is 15.9 Å². The van der Waals surface area contributed by atoms with Crippen molar-refractivity contribution in [3.8, 4) is 0 Å². The summed E-state index contributed by atoms with van der Waals surface area (Å²) in [5.41, 5.74) is 9.06. The molecule has 0 unspecified atom stereocenters. The molecule has 0 heterocycles. The molecule has 2 nitrogen and oxygen atoms in total. The SMILES string of the molecule is Cc1cc(Br)c(NC2CCCCC2)cc1N. The maximum atomic E-state index is 5.93. The van der Waals surface area contributed by atoms with Crippen LogP contribution in [-0.2, 0) is 0 Å². The van der Waals surface area contributed by atoms with E-state index in [1.807, 2.05) is 13.0 Å². The van der Waals surface area contributed by atoms with Gasteiger partial charge in [-0.15, -0.1) is 0 Å². The second kappa shape index (κ2) is 5.09.